The number of ketones is 1. The van der Waals surface area contributed by atoms with Gasteiger partial charge >= 0.3 is 5.97 Å². The third-order valence-corrected chi connectivity index (χ3v) is 3.45. The zero-order valence-electron chi connectivity index (χ0n) is 14.3. The van der Waals surface area contributed by atoms with Gasteiger partial charge in [0.1, 0.15) is 5.60 Å². The van der Waals surface area contributed by atoms with E-state index in [-0.39, 0.29) is 18.7 Å². The van der Waals surface area contributed by atoms with Crippen LogP contribution in [0, 0.1) is 0 Å². The van der Waals surface area contributed by atoms with E-state index in [2.05, 4.69) is 15.4 Å². The lowest BCUT2D eigenvalue weighted by Crippen LogP contribution is -2.31. The molecule has 2 rings (SSSR count). The molecular weight excluding hydrogens is 346 g/mol. The monoisotopic (exact) mass is 365 g/mol. The van der Waals surface area contributed by atoms with Crippen molar-refractivity contribution in [3.8, 4) is 11.4 Å². The van der Waals surface area contributed by atoms with Gasteiger partial charge in [0.05, 0.1) is 11.4 Å². The van der Waals surface area contributed by atoms with E-state index in [0.717, 1.165) is 4.80 Å². The first-order chi connectivity index (χ1) is 11.7. The molecule has 1 aromatic carbocycles. The van der Waals surface area contributed by atoms with Gasteiger partial charge < -0.3 is 10.5 Å². The zero-order valence-corrected chi connectivity index (χ0v) is 15.0. The number of rotatable bonds is 6. The number of ether oxygens (including phenoxy) is 1. The van der Waals surface area contributed by atoms with E-state index in [1.807, 2.05) is 0 Å². The molecule has 25 heavy (non-hydrogen) atoms. The first-order valence-electron chi connectivity index (χ1n) is 7.72. The quantitative estimate of drug-likeness (QED) is 0.780. The molecule has 0 saturated heterocycles. The molecule has 2 N–H and O–H groups in total. The van der Waals surface area contributed by atoms with Crippen LogP contribution in [0.15, 0.2) is 24.3 Å². The highest BCUT2D eigenvalue weighted by Gasteiger charge is 2.22. The number of carbonyl (C=O) groups excluding carboxylic acids is 2. The van der Waals surface area contributed by atoms with Crippen LogP contribution in [0.25, 0.3) is 11.4 Å². The smallest absolute Gasteiger partial charge is 0.306 e. The molecule has 0 spiro atoms. The maximum absolute atomic E-state index is 12.1. The van der Waals surface area contributed by atoms with E-state index in [1.165, 1.54) is 0 Å². The summed E-state index contributed by atoms with van der Waals surface area (Å²) >= 11 is 6.08. The van der Waals surface area contributed by atoms with E-state index in [9.17, 15) is 9.59 Å². The number of tetrazole rings is 1. The van der Waals surface area contributed by atoms with Gasteiger partial charge in [-0.3, -0.25) is 9.59 Å². The van der Waals surface area contributed by atoms with E-state index in [4.69, 9.17) is 22.1 Å². The fraction of sp³-hybridized carbons (Fsp3) is 0.438. The van der Waals surface area contributed by atoms with Crippen LogP contribution in [0.2, 0.25) is 5.02 Å². The first-order valence-corrected chi connectivity index (χ1v) is 8.10. The lowest BCUT2D eigenvalue weighted by Gasteiger charge is -2.19. The van der Waals surface area contributed by atoms with E-state index in [0.29, 0.717) is 10.6 Å². The molecule has 1 unspecified atom stereocenters. The second-order valence-electron chi connectivity index (χ2n) is 6.41. The highest BCUT2D eigenvalue weighted by atomic mass is 35.5. The third-order valence-electron chi connectivity index (χ3n) is 3.12. The Hall–Kier alpha value is -2.32. The van der Waals surface area contributed by atoms with Crippen molar-refractivity contribution in [2.24, 2.45) is 5.73 Å². The molecule has 1 aromatic heterocycles. The molecule has 0 aliphatic carbocycles. The Balaban J connectivity index is 1.99. The Morgan fingerprint density at radius 2 is 1.96 bits per heavy atom. The minimum absolute atomic E-state index is 0.0597. The van der Waals surface area contributed by atoms with Gasteiger partial charge in [0.25, 0.3) is 0 Å². The lowest BCUT2D eigenvalue weighted by molar-refractivity contribution is -0.155. The van der Waals surface area contributed by atoms with Gasteiger partial charge in [0.15, 0.2) is 11.9 Å². The Morgan fingerprint density at radius 1 is 1.28 bits per heavy atom. The molecule has 0 fully saturated rings. The summed E-state index contributed by atoms with van der Waals surface area (Å²) in [5.74, 6) is -0.591. The summed E-state index contributed by atoms with van der Waals surface area (Å²) < 4.78 is 5.15. The maximum Gasteiger partial charge on any atom is 0.306 e. The number of benzene rings is 1. The number of nitrogens with zero attached hydrogens (tertiary/aromatic N) is 4. The van der Waals surface area contributed by atoms with Crippen molar-refractivity contribution in [1.29, 1.82) is 0 Å². The lowest BCUT2D eigenvalue weighted by atomic mass is 10.1. The largest absolute Gasteiger partial charge is 0.460 e. The fourth-order valence-corrected chi connectivity index (χ4v) is 2.21. The topological polar surface area (TPSA) is 113 Å². The molecule has 0 aliphatic heterocycles. The summed E-state index contributed by atoms with van der Waals surface area (Å²) in [5, 5.41) is 12.2. The number of nitrogens with two attached hydrogens (primary N) is 1. The first kappa shape index (κ1) is 19.0. The Bertz CT molecular complexity index is 769. The van der Waals surface area contributed by atoms with Gasteiger partial charge in [-0.25, -0.2) is 0 Å². The number of halogens is 1. The van der Waals surface area contributed by atoms with Crippen molar-refractivity contribution in [3.63, 3.8) is 0 Å². The van der Waals surface area contributed by atoms with Gasteiger partial charge in [-0.15, -0.1) is 15.0 Å². The molecule has 9 heteroatoms. The predicted octanol–water partition coefficient (Wildman–Crippen LogP) is 2.14. The van der Waals surface area contributed by atoms with Crippen molar-refractivity contribution in [2.45, 2.75) is 45.4 Å². The van der Waals surface area contributed by atoms with Crippen molar-refractivity contribution < 1.29 is 14.3 Å². The molecular formula is C16H20ClN5O3. The van der Waals surface area contributed by atoms with Gasteiger partial charge in [0.2, 0.25) is 5.82 Å². The van der Waals surface area contributed by atoms with Gasteiger partial charge in [0, 0.05) is 12.0 Å². The summed E-state index contributed by atoms with van der Waals surface area (Å²) in [6.45, 7) is 5.27. The SMILES string of the molecule is CC(C)(C)OC(=O)CCC(=O)C(N)n1nnc(-c2ccccc2Cl)n1. The predicted molar refractivity (Wildman–Crippen MR) is 91.6 cm³/mol. The summed E-state index contributed by atoms with van der Waals surface area (Å²) in [6, 6.07) is 7.00. The highest BCUT2D eigenvalue weighted by molar-refractivity contribution is 6.33. The minimum Gasteiger partial charge on any atom is -0.460 e. The van der Waals surface area contributed by atoms with Crippen LogP contribution in [0.1, 0.15) is 39.8 Å². The second-order valence-corrected chi connectivity index (χ2v) is 6.82. The fourth-order valence-electron chi connectivity index (χ4n) is 1.99. The minimum atomic E-state index is -1.13. The molecule has 1 atom stereocenters. The van der Waals surface area contributed by atoms with Gasteiger partial charge in [-0.05, 0) is 38.1 Å². The van der Waals surface area contributed by atoms with Crippen LogP contribution in [-0.4, -0.2) is 37.6 Å². The van der Waals surface area contributed by atoms with Crippen LogP contribution in [0.5, 0.6) is 0 Å². The maximum atomic E-state index is 12.1. The Labute approximate surface area is 150 Å². The summed E-state index contributed by atoms with van der Waals surface area (Å²) in [6.07, 6.45) is -1.26. The Morgan fingerprint density at radius 3 is 2.60 bits per heavy atom. The highest BCUT2D eigenvalue weighted by Crippen LogP contribution is 2.23. The molecule has 0 bridgehead atoms. The van der Waals surface area contributed by atoms with Crippen molar-refractivity contribution in [3.05, 3.63) is 29.3 Å². The van der Waals surface area contributed by atoms with Crippen molar-refractivity contribution >= 4 is 23.4 Å². The Kier molecular flexibility index (Phi) is 5.86. The van der Waals surface area contributed by atoms with E-state index < -0.39 is 23.5 Å². The van der Waals surface area contributed by atoms with Crippen molar-refractivity contribution in [1.82, 2.24) is 20.2 Å². The molecule has 0 amide bonds. The molecule has 8 nitrogen and oxygen atoms in total. The number of aromatic nitrogens is 4. The summed E-state index contributed by atoms with van der Waals surface area (Å²) in [5.41, 5.74) is 5.83. The van der Waals surface area contributed by atoms with Crippen LogP contribution in [-0.2, 0) is 14.3 Å². The normalized spacial score (nSPS) is 12.7. The summed E-state index contributed by atoms with van der Waals surface area (Å²) in [4.78, 5) is 24.8. The van der Waals surface area contributed by atoms with Crippen molar-refractivity contribution in [2.75, 3.05) is 0 Å². The average molecular weight is 366 g/mol. The van der Waals surface area contributed by atoms with E-state index in [1.54, 1.807) is 45.0 Å². The summed E-state index contributed by atoms with van der Waals surface area (Å²) in [7, 11) is 0. The molecule has 0 aliphatic rings. The standard InChI is InChI=1S/C16H20ClN5O3/c1-16(2,3)25-13(24)9-8-12(23)14(18)22-20-15(19-21-22)10-6-4-5-7-11(10)17/h4-7,14H,8-9,18H2,1-3H3. The van der Waals surface area contributed by atoms with Gasteiger partial charge in [-0.2, -0.15) is 0 Å². The van der Waals surface area contributed by atoms with Gasteiger partial charge in [-0.1, -0.05) is 23.7 Å². The molecule has 1 heterocycles. The zero-order chi connectivity index (χ0) is 18.6. The van der Waals surface area contributed by atoms with Crippen LogP contribution >= 0.6 is 11.6 Å². The molecule has 134 valence electrons. The number of hydrogen-bond donors (Lipinski definition) is 1. The van der Waals surface area contributed by atoms with Crippen LogP contribution in [0.3, 0.4) is 0 Å². The number of carbonyl (C=O) groups is 2. The van der Waals surface area contributed by atoms with Crippen LogP contribution < -0.4 is 5.73 Å². The second kappa shape index (κ2) is 7.71. The van der Waals surface area contributed by atoms with E-state index >= 15 is 0 Å². The molecule has 0 radical (unpaired) electrons. The van der Waals surface area contributed by atoms with Crippen LogP contribution in [0.4, 0.5) is 0 Å². The number of hydrogen-bond acceptors (Lipinski definition) is 7. The third kappa shape index (κ3) is 5.33. The number of esters is 1. The number of Topliss-reactive ketones (excluding diaryl/α,β-unsaturated/α-hetero) is 1. The molecule has 0 saturated carbocycles. The average Bonchev–Trinajstić information content (AvgIpc) is 3.00. The molecule has 2 aromatic rings.